The number of rotatable bonds is 4. The van der Waals surface area contributed by atoms with E-state index in [0.29, 0.717) is 12.1 Å². The van der Waals surface area contributed by atoms with E-state index in [1.807, 2.05) is 24.8 Å². The Labute approximate surface area is 166 Å². The SMILES string of the molecule is C.CC(C)N.CN(CC1CCN(C=O)CC1)C1CCc2ccc(N)cc2C1. The second-order valence-corrected chi connectivity index (χ2v) is 8.19. The van der Waals surface area contributed by atoms with Gasteiger partial charge in [0.05, 0.1) is 0 Å². The fourth-order valence-corrected chi connectivity index (χ4v) is 3.93. The number of amides is 1. The van der Waals surface area contributed by atoms with Crippen LogP contribution in [-0.4, -0.2) is 55.0 Å². The van der Waals surface area contributed by atoms with Crippen LogP contribution in [0, 0.1) is 5.92 Å². The van der Waals surface area contributed by atoms with Crippen LogP contribution in [0.4, 0.5) is 5.69 Å². The normalized spacial score (nSPS) is 19.8. The maximum atomic E-state index is 10.8. The van der Waals surface area contributed by atoms with Gasteiger partial charge in [-0.2, -0.15) is 0 Å². The first kappa shape index (κ1) is 23.4. The third kappa shape index (κ3) is 7.51. The maximum absolute atomic E-state index is 10.8. The van der Waals surface area contributed by atoms with Crippen molar-refractivity contribution in [2.45, 2.75) is 65.5 Å². The van der Waals surface area contributed by atoms with Crippen LogP contribution in [0.15, 0.2) is 18.2 Å². The van der Waals surface area contributed by atoms with E-state index in [2.05, 4.69) is 24.1 Å². The number of nitrogens with two attached hydrogens (primary N) is 2. The Morgan fingerprint density at radius 2 is 1.85 bits per heavy atom. The Bertz CT molecular complexity index is 565. The first-order valence-electron chi connectivity index (χ1n) is 9.91. The topological polar surface area (TPSA) is 75.6 Å². The van der Waals surface area contributed by atoms with E-state index >= 15 is 0 Å². The monoisotopic (exact) mass is 376 g/mol. The molecular formula is C22H40N4O. The Kier molecular flexibility index (Phi) is 9.81. The summed E-state index contributed by atoms with van der Waals surface area (Å²) in [4.78, 5) is 15.2. The predicted molar refractivity (Wildman–Crippen MR) is 116 cm³/mol. The summed E-state index contributed by atoms with van der Waals surface area (Å²) in [5.74, 6) is 0.725. The average molecular weight is 377 g/mol. The van der Waals surface area contributed by atoms with Crippen LogP contribution in [0.2, 0.25) is 0 Å². The second-order valence-electron chi connectivity index (χ2n) is 8.19. The van der Waals surface area contributed by atoms with Crippen molar-refractivity contribution in [3.05, 3.63) is 29.3 Å². The summed E-state index contributed by atoms with van der Waals surface area (Å²) in [7, 11) is 2.26. The molecule has 4 N–H and O–H groups in total. The van der Waals surface area contributed by atoms with E-state index in [4.69, 9.17) is 11.5 Å². The molecule has 1 aliphatic heterocycles. The lowest BCUT2D eigenvalue weighted by molar-refractivity contribution is -0.119. The van der Waals surface area contributed by atoms with Crippen molar-refractivity contribution in [1.82, 2.24) is 9.80 Å². The molecule has 0 spiro atoms. The molecule has 1 heterocycles. The van der Waals surface area contributed by atoms with Gasteiger partial charge in [0.25, 0.3) is 0 Å². The number of likely N-dealkylation sites (N-methyl/N-ethyl adjacent to an activating group) is 1. The molecule has 1 fully saturated rings. The first-order valence-corrected chi connectivity index (χ1v) is 9.91. The van der Waals surface area contributed by atoms with Gasteiger partial charge >= 0.3 is 0 Å². The van der Waals surface area contributed by atoms with Crippen LogP contribution in [-0.2, 0) is 17.6 Å². The number of piperidine rings is 1. The highest BCUT2D eigenvalue weighted by atomic mass is 16.1. The molecule has 3 rings (SSSR count). The van der Waals surface area contributed by atoms with E-state index < -0.39 is 0 Å². The molecule has 154 valence electrons. The average Bonchev–Trinajstić information content (AvgIpc) is 2.61. The smallest absolute Gasteiger partial charge is 0.209 e. The van der Waals surface area contributed by atoms with E-state index in [1.165, 1.54) is 17.5 Å². The molecule has 5 nitrogen and oxygen atoms in total. The molecule has 1 aromatic rings. The van der Waals surface area contributed by atoms with Crippen LogP contribution in [0.5, 0.6) is 0 Å². The summed E-state index contributed by atoms with van der Waals surface area (Å²) < 4.78 is 0. The largest absolute Gasteiger partial charge is 0.399 e. The van der Waals surface area contributed by atoms with E-state index in [0.717, 1.165) is 63.3 Å². The number of carbonyl (C=O) groups is 1. The van der Waals surface area contributed by atoms with Crippen LogP contribution < -0.4 is 11.5 Å². The standard InChI is InChI=1S/C18H27N3O.C3H9N.CH4/c1-20(12-14-6-8-21(13-22)9-7-14)18-5-3-15-2-4-17(19)10-16(15)11-18;1-3(2)4;/h2,4,10,13-14,18H,3,5-9,11-12,19H2,1H3;3H,4H2,1-2H3;1H4. The number of benzene rings is 1. The highest BCUT2D eigenvalue weighted by molar-refractivity contribution is 5.47. The molecule has 1 unspecified atom stereocenters. The molecule has 1 aromatic carbocycles. The number of aryl methyl sites for hydroxylation is 1. The number of nitrogens with zero attached hydrogens (tertiary/aromatic N) is 2. The molecule has 1 aliphatic carbocycles. The van der Waals surface area contributed by atoms with Crippen molar-refractivity contribution >= 4 is 12.1 Å². The van der Waals surface area contributed by atoms with Crippen molar-refractivity contribution in [2.24, 2.45) is 11.7 Å². The fraction of sp³-hybridized carbons (Fsp3) is 0.682. The lowest BCUT2D eigenvalue weighted by Gasteiger charge is -2.37. The number of likely N-dealkylation sites (tertiary alicyclic amines) is 1. The van der Waals surface area contributed by atoms with Crippen LogP contribution in [0.3, 0.4) is 0 Å². The number of carbonyl (C=O) groups excluding carboxylic acids is 1. The van der Waals surface area contributed by atoms with E-state index in [9.17, 15) is 4.79 Å². The molecule has 5 heteroatoms. The number of hydrogen-bond donors (Lipinski definition) is 2. The fourth-order valence-electron chi connectivity index (χ4n) is 3.93. The van der Waals surface area contributed by atoms with Gasteiger partial charge in [-0.1, -0.05) is 27.3 Å². The summed E-state index contributed by atoms with van der Waals surface area (Å²) in [5.41, 5.74) is 14.8. The summed E-state index contributed by atoms with van der Waals surface area (Å²) >= 11 is 0. The summed E-state index contributed by atoms with van der Waals surface area (Å²) in [6.45, 7) is 6.88. The van der Waals surface area contributed by atoms with Crippen LogP contribution in [0.25, 0.3) is 0 Å². The number of nitrogen functional groups attached to an aromatic ring is 1. The van der Waals surface area contributed by atoms with Crippen molar-refractivity contribution < 1.29 is 4.79 Å². The van der Waals surface area contributed by atoms with Crippen molar-refractivity contribution in [3.8, 4) is 0 Å². The molecule has 0 bridgehead atoms. The Morgan fingerprint density at radius 1 is 1.22 bits per heavy atom. The summed E-state index contributed by atoms with van der Waals surface area (Å²) in [6, 6.07) is 7.32. The van der Waals surface area contributed by atoms with Crippen molar-refractivity contribution in [1.29, 1.82) is 0 Å². The Balaban J connectivity index is 0.000000666. The van der Waals surface area contributed by atoms with Gasteiger partial charge in [0.2, 0.25) is 6.41 Å². The van der Waals surface area contributed by atoms with Crippen molar-refractivity contribution in [3.63, 3.8) is 0 Å². The van der Waals surface area contributed by atoms with Gasteiger partial charge in [0.15, 0.2) is 0 Å². The highest BCUT2D eigenvalue weighted by Gasteiger charge is 2.25. The van der Waals surface area contributed by atoms with E-state index in [-0.39, 0.29) is 7.43 Å². The molecule has 0 aromatic heterocycles. The zero-order valence-corrected chi connectivity index (χ0v) is 16.7. The lowest BCUT2D eigenvalue weighted by Crippen LogP contribution is -2.42. The predicted octanol–water partition coefficient (Wildman–Crippen LogP) is 2.92. The molecule has 1 saturated heterocycles. The van der Waals surface area contributed by atoms with Gasteiger partial charge in [0, 0.05) is 31.4 Å². The van der Waals surface area contributed by atoms with Crippen molar-refractivity contribution in [2.75, 3.05) is 32.4 Å². The van der Waals surface area contributed by atoms with Crippen LogP contribution >= 0.6 is 0 Å². The van der Waals surface area contributed by atoms with E-state index in [1.54, 1.807) is 0 Å². The molecular weight excluding hydrogens is 336 g/mol. The maximum Gasteiger partial charge on any atom is 0.209 e. The molecule has 1 amide bonds. The van der Waals surface area contributed by atoms with Gasteiger partial charge in [-0.15, -0.1) is 0 Å². The number of fused-ring (bicyclic) bond motifs is 1. The number of hydrogen-bond acceptors (Lipinski definition) is 4. The van der Waals surface area contributed by atoms with Gasteiger partial charge in [-0.25, -0.2) is 0 Å². The van der Waals surface area contributed by atoms with Gasteiger partial charge in [-0.3, -0.25) is 4.79 Å². The molecule has 0 saturated carbocycles. The summed E-state index contributed by atoms with van der Waals surface area (Å²) in [5, 5.41) is 0. The minimum Gasteiger partial charge on any atom is -0.399 e. The van der Waals surface area contributed by atoms with Gasteiger partial charge in [-0.05, 0) is 74.4 Å². The lowest BCUT2D eigenvalue weighted by atomic mass is 9.86. The minimum atomic E-state index is 0. The zero-order valence-electron chi connectivity index (χ0n) is 16.7. The van der Waals surface area contributed by atoms with Gasteiger partial charge in [0.1, 0.15) is 0 Å². The molecule has 0 radical (unpaired) electrons. The third-order valence-electron chi connectivity index (χ3n) is 5.40. The highest BCUT2D eigenvalue weighted by Crippen LogP contribution is 2.27. The second kappa shape index (κ2) is 11.3. The quantitative estimate of drug-likeness (QED) is 0.626. The molecule has 27 heavy (non-hydrogen) atoms. The Hall–Kier alpha value is -1.59. The number of anilines is 1. The molecule has 1 atom stereocenters. The molecule has 2 aliphatic rings. The first-order chi connectivity index (χ1) is 12.4. The van der Waals surface area contributed by atoms with Crippen LogP contribution in [0.1, 0.15) is 51.7 Å². The minimum absolute atomic E-state index is 0. The summed E-state index contributed by atoms with van der Waals surface area (Å²) in [6.07, 6.45) is 6.78. The third-order valence-corrected chi connectivity index (χ3v) is 5.40. The van der Waals surface area contributed by atoms with Gasteiger partial charge < -0.3 is 21.3 Å². The Morgan fingerprint density at radius 3 is 2.44 bits per heavy atom. The zero-order chi connectivity index (χ0) is 19.1.